The topological polar surface area (TPSA) is 67.4 Å². The van der Waals surface area contributed by atoms with Gasteiger partial charge in [-0.3, -0.25) is 9.59 Å². The quantitative estimate of drug-likeness (QED) is 0.594. The largest absolute Gasteiger partial charge is 0.479 e. The van der Waals surface area contributed by atoms with Crippen LogP contribution in [0.3, 0.4) is 0 Å². The molecule has 0 aliphatic carbocycles. The summed E-state index contributed by atoms with van der Waals surface area (Å²) in [5.74, 6) is -0.231. The fourth-order valence-electron chi connectivity index (χ4n) is 3.26. The molecule has 3 aromatic carbocycles. The molecule has 0 saturated heterocycles. The van der Waals surface area contributed by atoms with Gasteiger partial charge in [-0.1, -0.05) is 30.3 Å². The molecule has 158 valence electrons. The van der Waals surface area contributed by atoms with Gasteiger partial charge in [-0.05, 0) is 54.4 Å². The van der Waals surface area contributed by atoms with E-state index >= 15 is 0 Å². The molecule has 1 atom stereocenters. The molecule has 0 unspecified atom stereocenters. The Morgan fingerprint density at radius 2 is 1.74 bits per heavy atom. The minimum atomic E-state index is -4.43. The molecule has 2 N–H and O–H groups in total. The summed E-state index contributed by atoms with van der Waals surface area (Å²) in [6.07, 6.45) is -5.04. The summed E-state index contributed by atoms with van der Waals surface area (Å²) < 4.78 is 44.0. The van der Waals surface area contributed by atoms with Crippen LogP contribution in [0.5, 0.6) is 5.75 Å². The smallest absolute Gasteiger partial charge is 0.416 e. The van der Waals surface area contributed by atoms with E-state index < -0.39 is 23.8 Å². The summed E-state index contributed by atoms with van der Waals surface area (Å²) in [6, 6.07) is 16.1. The maximum atomic E-state index is 12.9. The SMILES string of the molecule is C[C@H]1Oc2ccc(NC(=O)c3ccccc3-c3ccc(C(F)(F)F)cc3)cc2NC1=O. The molecular formula is C23H17F3N2O3. The van der Waals surface area contributed by atoms with Crippen LogP contribution in [0.2, 0.25) is 0 Å². The summed E-state index contributed by atoms with van der Waals surface area (Å²) in [6.45, 7) is 1.63. The van der Waals surface area contributed by atoms with Crippen molar-refractivity contribution in [2.75, 3.05) is 10.6 Å². The zero-order valence-corrected chi connectivity index (χ0v) is 16.3. The Labute approximate surface area is 175 Å². The fraction of sp³-hybridized carbons (Fsp3) is 0.130. The van der Waals surface area contributed by atoms with Crippen molar-refractivity contribution < 1.29 is 27.5 Å². The van der Waals surface area contributed by atoms with Gasteiger partial charge < -0.3 is 15.4 Å². The number of hydrogen-bond acceptors (Lipinski definition) is 3. The number of rotatable bonds is 3. The molecule has 0 bridgehead atoms. The Bertz CT molecular complexity index is 1160. The molecule has 5 nitrogen and oxygen atoms in total. The molecule has 4 rings (SSSR count). The van der Waals surface area contributed by atoms with Gasteiger partial charge in [-0.2, -0.15) is 13.2 Å². The Kier molecular flexibility index (Phi) is 5.14. The number of fused-ring (bicyclic) bond motifs is 1. The van der Waals surface area contributed by atoms with E-state index in [2.05, 4.69) is 10.6 Å². The first-order chi connectivity index (χ1) is 14.7. The van der Waals surface area contributed by atoms with Crippen LogP contribution in [0, 0.1) is 0 Å². The van der Waals surface area contributed by atoms with Gasteiger partial charge in [-0.15, -0.1) is 0 Å². The molecule has 2 amide bonds. The van der Waals surface area contributed by atoms with Crippen molar-refractivity contribution in [2.45, 2.75) is 19.2 Å². The lowest BCUT2D eigenvalue weighted by atomic mass is 9.98. The second-order valence-corrected chi connectivity index (χ2v) is 7.04. The van der Waals surface area contributed by atoms with Crippen molar-refractivity contribution in [1.29, 1.82) is 0 Å². The van der Waals surface area contributed by atoms with Crippen molar-refractivity contribution in [1.82, 2.24) is 0 Å². The average molecular weight is 426 g/mol. The number of carbonyl (C=O) groups is 2. The Morgan fingerprint density at radius 1 is 1.03 bits per heavy atom. The number of alkyl halides is 3. The van der Waals surface area contributed by atoms with Gasteiger partial charge in [0.15, 0.2) is 6.10 Å². The maximum absolute atomic E-state index is 12.9. The van der Waals surface area contributed by atoms with Crippen molar-refractivity contribution in [2.24, 2.45) is 0 Å². The molecule has 0 radical (unpaired) electrons. The number of carbonyl (C=O) groups excluding carboxylic acids is 2. The van der Waals surface area contributed by atoms with Crippen molar-refractivity contribution in [3.8, 4) is 16.9 Å². The normalized spacial score (nSPS) is 15.5. The van der Waals surface area contributed by atoms with Gasteiger partial charge in [0.2, 0.25) is 0 Å². The van der Waals surface area contributed by atoms with Crippen LogP contribution in [0.15, 0.2) is 66.7 Å². The highest BCUT2D eigenvalue weighted by Gasteiger charge is 2.30. The van der Waals surface area contributed by atoms with Crippen LogP contribution in [0.25, 0.3) is 11.1 Å². The number of hydrogen-bond donors (Lipinski definition) is 2. The number of anilines is 2. The molecule has 1 aliphatic rings. The van der Waals surface area contributed by atoms with Crippen molar-refractivity contribution >= 4 is 23.2 Å². The minimum Gasteiger partial charge on any atom is -0.479 e. The summed E-state index contributed by atoms with van der Waals surface area (Å²) >= 11 is 0. The zero-order chi connectivity index (χ0) is 22.2. The van der Waals surface area contributed by atoms with Crippen LogP contribution in [0.4, 0.5) is 24.5 Å². The second-order valence-electron chi connectivity index (χ2n) is 7.04. The van der Waals surface area contributed by atoms with Crippen molar-refractivity contribution in [3.05, 3.63) is 77.9 Å². The predicted octanol–water partition coefficient (Wildman–Crippen LogP) is 5.34. The standard InChI is InChI=1S/C23H17F3N2O3/c1-13-21(29)28-19-12-16(10-11-20(19)31-13)27-22(30)18-5-3-2-4-17(18)14-6-8-15(9-7-14)23(24,25)26/h2-13H,1H3,(H,27,30)(H,28,29)/t13-/m1/s1. The monoisotopic (exact) mass is 426 g/mol. The van der Waals surface area contributed by atoms with E-state index in [1.165, 1.54) is 12.1 Å². The van der Waals surface area contributed by atoms with Crippen LogP contribution in [0.1, 0.15) is 22.8 Å². The Morgan fingerprint density at radius 3 is 2.45 bits per heavy atom. The third kappa shape index (κ3) is 4.23. The summed E-state index contributed by atoms with van der Waals surface area (Å²) in [7, 11) is 0. The third-order valence-electron chi connectivity index (χ3n) is 4.86. The van der Waals surface area contributed by atoms with E-state index in [1.54, 1.807) is 49.4 Å². The summed E-state index contributed by atoms with van der Waals surface area (Å²) in [5.41, 5.74) is 1.40. The number of halogens is 3. The number of ether oxygens (including phenoxy) is 1. The van der Waals surface area contributed by atoms with Crippen LogP contribution < -0.4 is 15.4 Å². The van der Waals surface area contributed by atoms with Gasteiger partial charge in [0.05, 0.1) is 11.3 Å². The lowest BCUT2D eigenvalue weighted by molar-refractivity contribution is -0.137. The highest BCUT2D eigenvalue weighted by atomic mass is 19.4. The second kappa shape index (κ2) is 7.79. The average Bonchev–Trinajstić information content (AvgIpc) is 2.74. The van der Waals surface area contributed by atoms with Gasteiger partial charge in [0.25, 0.3) is 11.8 Å². The molecule has 31 heavy (non-hydrogen) atoms. The van der Waals surface area contributed by atoms with Crippen LogP contribution in [-0.2, 0) is 11.0 Å². The molecule has 0 aromatic heterocycles. The number of nitrogens with one attached hydrogen (secondary N) is 2. The van der Waals surface area contributed by atoms with Gasteiger partial charge in [0.1, 0.15) is 5.75 Å². The molecule has 3 aromatic rings. The molecule has 1 aliphatic heterocycles. The third-order valence-corrected chi connectivity index (χ3v) is 4.86. The van der Waals surface area contributed by atoms with E-state index in [0.717, 1.165) is 12.1 Å². The fourth-order valence-corrected chi connectivity index (χ4v) is 3.26. The molecular weight excluding hydrogens is 409 g/mol. The molecule has 1 heterocycles. The highest BCUT2D eigenvalue weighted by Crippen LogP contribution is 2.34. The van der Waals surface area contributed by atoms with E-state index in [1.807, 2.05) is 0 Å². The zero-order valence-electron chi connectivity index (χ0n) is 16.3. The van der Waals surface area contributed by atoms with Gasteiger partial charge >= 0.3 is 6.18 Å². The van der Waals surface area contributed by atoms with E-state index in [0.29, 0.717) is 33.8 Å². The summed E-state index contributed by atoms with van der Waals surface area (Å²) in [5, 5.41) is 5.46. The number of amides is 2. The highest BCUT2D eigenvalue weighted by molar-refractivity contribution is 6.09. The summed E-state index contributed by atoms with van der Waals surface area (Å²) in [4.78, 5) is 24.7. The van der Waals surface area contributed by atoms with Gasteiger partial charge in [-0.25, -0.2) is 0 Å². The molecule has 0 fully saturated rings. The first-order valence-electron chi connectivity index (χ1n) is 9.42. The first-order valence-corrected chi connectivity index (χ1v) is 9.42. The first kappa shape index (κ1) is 20.5. The van der Waals surface area contributed by atoms with Crippen molar-refractivity contribution in [3.63, 3.8) is 0 Å². The van der Waals surface area contributed by atoms with E-state index in [-0.39, 0.29) is 5.91 Å². The van der Waals surface area contributed by atoms with E-state index in [4.69, 9.17) is 4.74 Å². The Hall–Kier alpha value is -3.81. The van der Waals surface area contributed by atoms with Crippen LogP contribution in [-0.4, -0.2) is 17.9 Å². The lowest BCUT2D eigenvalue weighted by Crippen LogP contribution is -2.34. The van der Waals surface area contributed by atoms with E-state index in [9.17, 15) is 22.8 Å². The molecule has 0 spiro atoms. The number of benzene rings is 3. The predicted molar refractivity (Wildman–Crippen MR) is 110 cm³/mol. The molecule has 8 heteroatoms. The maximum Gasteiger partial charge on any atom is 0.416 e. The van der Waals surface area contributed by atoms with Gasteiger partial charge in [0, 0.05) is 11.3 Å². The minimum absolute atomic E-state index is 0.288. The van der Waals surface area contributed by atoms with Crippen LogP contribution >= 0.6 is 0 Å². The lowest BCUT2D eigenvalue weighted by Gasteiger charge is -2.23. The molecule has 0 saturated carbocycles. The Balaban J connectivity index is 1.59.